The van der Waals surface area contributed by atoms with Gasteiger partial charge in [-0.25, -0.2) is 0 Å². The molecule has 2 N–H and O–H groups in total. The highest BCUT2D eigenvalue weighted by Crippen LogP contribution is 2.44. The Balaban J connectivity index is 1.45. The second-order valence-electron chi connectivity index (χ2n) is 9.01. The van der Waals surface area contributed by atoms with Gasteiger partial charge in [0.2, 0.25) is 5.91 Å². The lowest BCUT2D eigenvalue weighted by molar-refractivity contribution is -0.231. The fourth-order valence-electron chi connectivity index (χ4n) is 4.17. The molecule has 3 heterocycles. The van der Waals surface area contributed by atoms with Gasteiger partial charge in [0.15, 0.2) is 24.0 Å². The van der Waals surface area contributed by atoms with E-state index >= 15 is 0 Å². The largest absolute Gasteiger partial charge is 0.495 e. The van der Waals surface area contributed by atoms with Crippen molar-refractivity contribution >= 4 is 17.5 Å². The molecule has 10 nitrogen and oxygen atoms in total. The van der Waals surface area contributed by atoms with E-state index in [1.54, 1.807) is 58.9 Å². The highest BCUT2D eigenvalue weighted by molar-refractivity contribution is 5.98. The summed E-state index contributed by atoms with van der Waals surface area (Å²) in [6.45, 7) is 8.65. The third-order valence-electron chi connectivity index (χ3n) is 5.53. The normalized spacial score (nSPS) is 33.0. The summed E-state index contributed by atoms with van der Waals surface area (Å²) >= 11 is 0. The van der Waals surface area contributed by atoms with Gasteiger partial charge in [0.1, 0.15) is 30.1 Å². The van der Waals surface area contributed by atoms with E-state index < -0.39 is 60.1 Å². The van der Waals surface area contributed by atoms with Crippen LogP contribution in [0.1, 0.15) is 34.6 Å². The monoisotopic (exact) mass is 450 g/mol. The summed E-state index contributed by atoms with van der Waals surface area (Å²) in [5, 5.41) is 5.46. The molecule has 3 saturated heterocycles. The van der Waals surface area contributed by atoms with Crippen molar-refractivity contribution in [1.29, 1.82) is 0 Å². The zero-order chi connectivity index (χ0) is 23.3. The van der Waals surface area contributed by atoms with Crippen LogP contribution in [0.2, 0.25) is 0 Å². The number of rotatable bonds is 5. The Hall–Kier alpha value is -2.24. The lowest BCUT2D eigenvalue weighted by Crippen LogP contribution is -2.60. The Bertz CT molecular complexity index is 888. The van der Waals surface area contributed by atoms with Crippen LogP contribution in [0.5, 0.6) is 5.75 Å². The van der Waals surface area contributed by atoms with Gasteiger partial charge in [-0.05, 0) is 46.8 Å². The highest BCUT2D eigenvalue weighted by Gasteiger charge is 2.62. The number of benzene rings is 1. The molecule has 0 saturated carbocycles. The number of carbonyl (C=O) groups excluding carboxylic acids is 2. The van der Waals surface area contributed by atoms with Crippen LogP contribution in [-0.2, 0) is 33.3 Å². The molecule has 0 unspecified atom stereocenters. The van der Waals surface area contributed by atoms with E-state index in [0.717, 1.165) is 0 Å². The Morgan fingerprint density at radius 2 is 1.59 bits per heavy atom. The van der Waals surface area contributed by atoms with Crippen molar-refractivity contribution in [3.63, 3.8) is 0 Å². The molecule has 0 aromatic heterocycles. The highest BCUT2D eigenvalue weighted by atomic mass is 16.9. The summed E-state index contributed by atoms with van der Waals surface area (Å²) in [4.78, 5) is 25.8. The van der Waals surface area contributed by atoms with Crippen LogP contribution in [0, 0.1) is 0 Å². The lowest BCUT2D eigenvalue weighted by atomic mass is 9.98. The minimum Gasteiger partial charge on any atom is -0.495 e. The quantitative estimate of drug-likeness (QED) is 0.695. The fraction of sp³-hybridized carbons (Fsp3) is 0.636. The predicted molar refractivity (Wildman–Crippen MR) is 112 cm³/mol. The average molecular weight is 450 g/mol. The zero-order valence-corrected chi connectivity index (χ0v) is 19.0. The number of nitrogens with one attached hydrogen (secondary N) is 2. The summed E-state index contributed by atoms with van der Waals surface area (Å²) in [7, 11) is 1.52. The maximum atomic E-state index is 13.1. The van der Waals surface area contributed by atoms with Crippen molar-refractivity contribution in [1.82, 2.24) is 5.32 Å². The standard InChI is InChI=1S/C22H30N2O8/c1-11(18(25)24-12-9-7-8-10-13(12)27-6)23-19(26)16-14-15(30-21(2,3)29-14)17-20(28-16)32-22(4,5)31-17/h7-11,14-17,20H,1-6H3,(H,23,26)(H,24,25)/t11-,14+,15+,16+,17+,20+/m0/s1. The van der Waals surface area contributed by atoms with Crippen molar-refractivity contribution < 1.29 is 38.0 Å². The molecule has 0 spiro atoms. The molecule has 32 heavy (non-hydrogen) atoms. The first-order valence-electron chi connectivity index (χ1n) is 10.6. The summed E-state index contributed by atoms with van der Waals surface area (Å²) in [6.07, 6.45) is -3.64. The van der Waals surface area contributed by atoms with Crippen LogP contribution < -0.4 is 15.4 Å². The number of para-hydroxylation sites is 2. The van der Waals surface area contributed by atoms with Gasteiger partial charge in [-0.1, -0.05) is 12.1 Å². The third kappa shape index (κ3) is 4.46. The summed E-state index contributed by atoms with van der Waals surface area (Å²) in [6, 6.07) is 6.17. The van der Waals surface area contributed by atoms with Gasteiger partial charge in [-0.2, -0.15) is 0 Å². The molecular formula is C22H30N2O8. The van der Waals surface area contributed by atoms with Crippen molar-refractivity contribution in [2.24, 2.45) is 0 Å². The third-order valence-corrected chi connectivity index (χ3v) is 5.53. The van der Waals surface area contributed by atoms with Gasteiger partial charge in [0.05, 0.1) is 12.8 Å². The van der Waals surface area contributed by atoms with Crippen molar-refractivity contribution in [3.05, 3.63) is 24.3 Å². The van der Waals surface area contributed by atoms with E-state index in [0.29, 0.717) is 11.4 Å². The topological polar surface area (TPSA) is 114 Å². The molecule has 1 aromatic rings. The van der Waals surface area contributed by atoms with Crippen LogP contribution in [0.15, 0.2) is 24.3 Å². The second-order valence-corrected chi connectivity index (χ2v) is 9.01. The van der Waals surface area contributed by atoms with Gasteiger partial charge >= 0.3 is 0 Å². The Kier molecular flexibility index (Phi) is 5.93. The molecule has 3 aliphatic heterocycles. The molecule has 4 rings (SSSR count). The molecule has 0 bridgehead atoms. The number of anilines is 1. The van der Waals surface area contributed by atoms with E-state index in [1.165, 1.54) is 7.11 Å². The Morgan fingerprint density at radius 3 is 2.31 bits per heavy atom. The molecule has 3 aliphatic rings. The Labute approximate surface area is 186 Å². The Morgan fingerprint density at radius 1 is 0.969 bits per heavy atom. The summed E-state index contributed by atoms with van der Waals surface area (Å²) < 4.78 is 34.9. The number of fused-ring (bicyclic) bond motifs is 3. The van der Waals surface area contributed by atoms with Gasteiger partial charge in [-0.3, -0.25) is 9.59 Å². The molecule has 10 heteroatoms. The number of ether oxygens (including phenoxy) is 6. The average Bonchev–Trinajstić information content (AvgIpc) is 3.21. The molecular weight excluding hydrogens is 420 g/mol. The first kappa shape index (κ1) is 22.9. The number of amides is 2. The SMILES string of the molecule is COc1ccccc1NC(=O)[C@H](C)NC(=O)[C@@H]1O[C@@H]2OC(C)(C)O[C@@H]2[C@@H]2OC(C)(C)O[C@H]21. The van der Waals surface area contributed by atoms with Crippen LogP contribution in [0.3, 0.4) is 0 Å². The van der Waals surface area contributed by atoms with E-state index in [9.17, 15) is 9.59 Å². The van der Waals surface area contributed by atoms with Crippen molar-refractivity contribution in [2.75, 3.05) is 12.4 Å². The second kappa shape index (κ2) is 8.27. The van der Waals surface area contributed by atoms with Gasteiger partial charge < -0.3 is 39.1 Å². The number of hydrogen-bond donors (Lipinski definition) is 2. The first-order chi connectivity index (χ1) is 15.0. The van der Waals surface area contributed by atoms with Crippen molar-refractivity contribution in [3.8, 4) is 5.75 Å². The lowest BCUT2D eigenvalue weighted by Gasteiger charge is -2.36. The van der Waals surface area contributed by atoms with Gasteiger partial charge in [0, 0.05) is 0 Å². The maximum Gasteiger partial charge on any atom is 0.252 e. The smallest absolute Gasteiger partial charge is 0.252 e. The van der Waals surface area contributed by atoms with E-state index in [2.05, 4.69) is 10.6 Å². The van der Waals surface area contributed by atoms with Crippen molar-refractivity contribution in [2.45, 2.75) is 82.9 Å². The number of carbonyl (C=O) groups is 2. The molecule has 0 aliphatic carbocycles. The van der Waals surface area contributed by atoms with Crippen LogP contribution in [0.4, 0.5) is 5.69 Å². The van der Waals surface area contributed by atoms with E-state index in [1.807, 2.05) is 0 Å². The maximum absolute atomic E-state index is 13.1. The molecule has 2 amide bonds. The van der Waals surface area contributed by atoms with E-state index in [4.69, 9.17) is 28.4 Å². The van der Waals surface area contributed by atoms with Crippen LogP contribution in [-0.4, -0.2) is 67.2 Å². The number of hydrogen-bond acceptors (Lipinski definition) is 8. The number of methoxy groups -OCH3 is 1. The van der Waals surface area contributed by atoms with Crippen LogP contribution >= 0.6 is 0 Å². The molecule has 6 atom stereocenters. The molecule has 1 aromatic carbocycles. The van der Waals surface area contributed by atoms with Crippen LogP contribution in [0.25, 0.3) is 0 Å². The van der Waals surface area contributed by atoms with E-state index in [-0.39, 0.29) is 0 Å². The molecule has 3 fully saturated rings. The fourth-order valence-corrected chi connectivity index (χ4v) is 4.17. The molecule has 176 valence electrons. The summed E-state index contributed by atoms with van der Waals surface area (Å²) in [5.74, 6) is -2.20. The minimum absolute atomic E-state index is 0.404. The summed E-state index contributed by atoms with van der Waals surface area (Å²) in [5.41, 5.74) is 0.505. The first-order valence-corrected chi connectivity index (χ1v) is 10.6. The molecule has 0 radical (unpaired) electrons. The predicted octanol–water partition coefficient (Wildman–Crippen LogP) is 1.53. The minimum atomic E-state index is -1.04. The van der Waals surface area contributed by atoms with Gasteiger partial charge in [0.25, 0.3) is 5.91 Å². The zero-order valence-electron chi connectivity index (χ0n) is 19.0. The van der Waals surface area contributed by atoms with Gasteiger partial charge in [-0.15, -0.1) is 0 Å².